The Labute approximate surface area is 79.9 Å². The Balaban J connectivity index is 2.24. The molecule has 0 aromatic heterocycles. The summed E-state index contributed by atoms with van der Waals surface area (Å²) in [4.78, 5) is 2.25. The summed E-state index contributed by atoms with van der Waals surface area (Å²) in [6.07, 6.45) is 0.0332. The molecule has 1 aliphatic heterocycles. The Kier molecular flexibility index (Phi) is 4.66. The third-order valence-corrected chi connectivity index (χ3v) is 2.18. The predicted octanol–water partition coefficient (Wildman–Crippen LogP) is -0.713. The van der Waals surface area contributed by atoms with Gasteiger partial charge in [-0.15, -0.1) is 0 Å². The molecule has 0 saturated carbocycles. The lowest BCUT2D eigenvalue weighted by molar-refractivity contribution is -0.0367. The number of likely N-dealkylation sites (N-methyl/N-ethyl adjacent to an activating group) is 1. The van der Waals surface area contributed by atoms with Gasteiger partial charge in [-0.05, 0) is 14.0 Å². The van der Waals surface area contributed by atoms with Crippen LogP contribution in [-0.4, -0.2) is 62.0 Å². The van der Waals surface area contributed by atoms with E-state index in [2.05, 4.69) is 10.2 Å². The minimum atomic E-state index is -0.242. The normalized spacial score (nSPS) is 27.5. The second-order valence-electron chi connectivity index (χ2n) is 3.66. The van der Waals surface area contributed by atoms with Gasteiger partial charge in [0, 0.05) is 26.2 Å². The van der Waals surface area contributed by atoms with Crippen LogP contribution in [0, 0.1) is 0 Å². The summed E-state index contributed by atoms with van der Waals surface area (Å²) in [7, 11) is 1.93. The Morgan fingerprint density at radius 2 is 2.46 bits per heavy atom. The van der Waals surface area contributed by atoms with Crippen LogP contribution in [-0.2, 0) is 4.74 Å². The first-order valence-electron chi connectivity index (χ1n) is 4.89. The second kappa shape index (κ2) is 5.54. The molecule has 4 heteroatoms. The third-order valence-electron chi connectivity index (χ3n) is 2.18. The van der Waals surface area contributed by atoms with Crippen LogP contribution in [0.2, 0.25) is 0 Å². The van der Waals surface area contributed by atoms with Crippen LogP contribution in [0.25, 0.3) is 0 Å². The van der Waals surface area contributed by atoms with Crippen molar-refractivity contribution >= 4 is 0 Å². The smallest absolute Gasteiger partial charge is 0.0826 e. The minimum Gasteiger partial charge on any atom is -0.392 e. The summed E-state index contributed by atoms with van der Waals surface area (Å²) < 4.78 is 5.54. The number of aliphatic hydroxyl groups is 1. The highest BCUT2D eigenvalue weighted by molar-refractivity contribution is 4.73. The minimum absolute atomic E-state index is 0.242. The van der Waals surface area contributed by atoms with E-state index in [1.54, 1.807) is 0 Å². The Morgan fingerprint density at radius 3 is 3.08 bits per heavy atom. The molecule has 1 unspecified atom stereocenters. The summed E-state index contributed by atoms with van der Waals surface area (Å²) >= 11 is 0. The third kappa shape index (κ3) is 4.04. The highest BCUT2D eigenvalue weighted by Crippen LogP contribution is 2.04. The van der Waals surface area contributed by atoms with E-state index in [0.29, 0.717) is 0 Å². The number of aliphatic hydroxyl groups excluding tert-OH is 1. The molecule has 0 radical (unpaired) electrons. The molecule has 0 aromatic rings. The van der Waals surface area contributed by atoms with Gasteiger partial charge in [0.1, 0.15) is 0 Å². The van der Waals surface area contributed by atoms with Gasteiger partial charge in [-0.3, -0.25) is 4.90 Å². The number of ether oxygens (including phenoxy) is 1. The largest absolute Gasteiger partial charge is 0.392 e. The van der Waals surface area contributed by atoms with Gasteiger partial charge in [-0.1, -0.05) is 0 Å². The van der Waals surface area contributed by atoms with E-state index in [9.17, 15) is 5.11 Å². The molecular formula is C9H20N2O2. The van der Waals surface area contributed by atoms with Crippen molar-refractivity contribution in [2.24, 2.45) is 0 Å². The van der Waals surface area contributed by atoms with Crippen LogP contribution in [0.1, 0.15) is 6.92 Å². The summed E-state index contributed by atoms with van der Waals surface area (Å²) in [5, 5.41) is 12.3. The number of morpholine rings is 1. The van der Waals surface area contributed by atoms with Crippen molar-refractivity contribution in [3.05, 3.63) is 0 Å². The molecule has 0 bridgehead atoms. The first-order chi connectivity index (χ1) is 6.22. The van der Waals surface area contributed by atoms with E-state index in [1.165, 1.54) is 0 Å². The highest BCUT2D eigenvalue weighted by Gasteiger charge is 2.20. The number of hydrogen-bond acceptors (Lipinski definition) is 4. The lowest BCUT2D eigenvalue weighted by Gasteiger charge is -2.33. The molecule has 0 spiro atoms. The number of nitrogens with one attached hydrogen (secondary N) is 1. The topological polar surface area (TPSA) is 44.7 Å². The Morgan fingerprint density at radius 1 is 1.69 bits per heavy atom. The quantitative estimate of drug-likeness (QED) is 0.611. The predicted molar refractivity (Wildman–Crippen MR) is 51.8 cm³/mol. The van der Waals surface area contributed by atoms with Crippen molar-refractivity contribution in [3.8, 4) is 0 Å². The fourth-order valence-electron chi connectivity index (χ4n) is 1.67. The fourth-order valence-corrected chi connectivity index (χ4v) is 1.67. The first kappa shape index (κ1) is 10.9. The molecule has 13 heavy (non-hydrogen) atoms. The average molecular weight is 188 g/mol. The number of nitrogens with zero attached hydrogens (tertiary/aromatic N) is 1. The number of hydrogen-bond donors (Lipinski definition) is 2. The fraction of sp³-hybridized carbons (Fsp3) is 1.00. The average Bonchev–Trinajstić information content (AvgIpc) is 2.04. The van der Waals surface area contributed by atoms with Crippen molar-refractivity contribution in [2.75, 3.05) is 39.8 Å². The van der Waals surface area contributed by atoms with Gasteiger partial charge in [0.05, 0.1) is 18.8 Å². The van der Waals surface area contributed by atoms with Crippen LogP contribution < -0.4 is 5.32 Å². The zero-order valence-electron chi connectivity index (χ0n) is 8.49. The van der Waals surface area contributed by atoms with Crippen LogP contribution >= 0.6 is 0 Å². The second-order valence-corrected chi connectivity index (χ2v) is 3.66. The molecule has 1 heterocycles. The van der Waals surface area contributed by atoms with Crippen LogP contribution in [0.4, 0.5) is 0 Å². The van der Waals surface area contributed by atoms with Crippen molar-refractivity contribution in [1.82, 2.24) is 10.2 Å². The molecule has 1 rings (SSSR count). The first-order valence-corrected chi connectivity index (χ1v) is 4.89. The highest BCUT2D eigenvalue weighted by atomic mass is 16.5. The van der Waals surface area contributed by atoms with E-state index in [-0.39, 0.29) is 12.2 Å². The monoisotopic (exact) mass is 188 g/mol. The molecule has 78 valence electrons. The molecule has 1 aliphatic rings. The van der Waals surface area contributed by atoms with E-state index < -0.39 is 0 Å². The standard InChI is InChI=1S/C9H20N2O2/c1-8(12)6-11-3-4-13-9(7-11)5-10-2/h8-10,12H,3-7H2,1-2H3/t8-,9?/m0/s1. The molecule has 1 fully saturated rings. The van der Waals surface area contributed by atoms with Crippen molar-refractivity contribution < 1.29 is 9.84 Å². The van der Waals surface area contributed by atoms with Crippen molar-refractivity contribution in [3.63, 3.8) is 0 Å². The van der Waals surface area contributed by atoms with Gasteiger partial charge < -0.3 is 15.2 Å². The molecule has 2 N–H and O–H groups in total. The maximum absolute atomic E-state index is 9.22. The van der Waals surface area contributed by atoms with Gasteiger partial charge in [0.15, 0.2) is 0 Å². The van der Waals surface area contributed by atoms with Gasteiger partial charge in [-0.2, -0.15) is 0 Å². The maximum Gasteiger partial charge on any atom is 0.0826 e. The maximum atomic E-state index is 9.22. The van der Waals surface area contributed by atoms with E-state index in [0.717, 1.165) is 32.8 Å². The molecule has 0 aliphatic carbocycles. The molecule has 0 amide bonds. The van der Waals surface area contributed by atoms with Crippen molar-refractivity contribution in [2.45, 2.75) is 19.1 Å². The van der Waals surface area contributed by atoms with E-state index in [4.69, 9.17) is 4.74 Å². The number of β-amino-alcohol motifs (C(OH)–C–C–N with tert-alkyl or cyclic N) is 1. The van der Waals surface area contributed by atoms with E-state index in [1.807, 2.05) is 14.0 Å². The van der Waals surface area contributed by atoms with Gasteiger partial charge in [0.25, 0.3) is 0 Å². The zero-order chi connectivity index (χ0) is 9.68. The summed E-state index contributed by atoms with van der Waals surface area (Å²) in [6, 6.07) is 0. The van der Waals surface area contributed by atoms with Gasteiger partial charge in [-0.25, -0.2) is 0 Å². The zero-order valence-corrected chi connectivity index (χ0v) is 8.49. The van der Waals surface area contributed by atoms with Gasteiger partial charge >= 0.3 is 0 Å². The Hall–Kier alpha value is -0.160. The summed E-state index contributed by atoms with van der Waals surface area (Å²) in [5.74, 6) is 0. The summed E-state index contributed by atoms with van der Waals surface area (Å²) in [6.45, 7) is 6.10. The molecule has 1 saturated heterocycles. The van der Waals surface area contributed by atoms with E-state index >= 15 is 0 Å². The lowest BCUT2D eigenvalue weighted by atomic mass is 10.2. The van der Waals surface area contributed by atoms with Crippen molar-refractivity contribution in [1.29, 1.82) is 0 Å². The Bertz CT molecular complexity index is 140. The van der Waals surface area contributed by atoms with Crippen LogP contribution in [0.15, 0.2) is 0 Å². The number of rotatable bonds is 4. The lowest BCUT2D eigenvalue weighted by Crippen LogP contribution is -2.48. The summed E-state index contributed by atoms with van der Waals surface area (Å²) in [5.41, 5.74) is 0. The SMILES string of the molecule is CNCC1CN(C[C@H](C)O)CCO1. The molecule has 2 atom stereocenters. The molecular weight excluding hydrogens is 168 g/mol. The van der Waals surface area contributed by atoms with Crippen LogP contribution in [0.5, 0.6) is 0 Å². The van der Waals surface area contributed by atoms with Gasteiger partial charge in [0.2, 0.25) is 0 Å². The molecule has 0 aromatic carbocycles. The van der Waals surface area contributed by atoms with Crippen LogP contribution in [0.3, 0.4) is 0 Å². The molecule has 4 nitrogen and oxygen atoms in total.